The molecule has 0 radical (unpaired) electrons. The number of nitrogens with two attached hydrogens (primary N) is 1. The number of imidazole rings is 1. The summed E-state index contributed by atoms with van der Waals surface area (Å²) < 4.78 is 8.35. The molecule has 8 nitrogen and oxygen atoms in total. The van der Waals surface area contributed by atoms with Crippen molar-refractivity contribution >= 4 is 50.8 Å². The van der Waals surface area contributed by atoms with Crippen molar-refractivity contribution in [2.24, 2.45) is 5.73 Å². The zero-order chi connectivity index (χ0) is 22.0. The van der Waals surface area contributed by atoms with E-state index in [-0.39, 0.29) is 34.5 Å². The summed E-state index contributed by atoms with van der Waals surface area (Å²) in [7, 11) is 0. The monoisotopic (exact) mass is 499 g/mol. The van der Waals surface area contributed by atoms with Crippen LogP contribution in [0.2, 0.25) is 5.02 Å². The Bertz CT molecular complexity index is 1310. The average Bonchev–Trinajstić information content (AvgIpc) is 3.11. The third-order valence-corrected chi connectivity index (χ3v) is 5.05. The van der Waals surface area contributed by atoms with Gasteiger partial charge < -0.3 is 20.2 Å². The van der Waals surface area contributed by atoms with Crippen LogP contribution < -0.4 is 15.8 Å². The molecular weight excluding hydrogens is 486 g/mol. The fourth-order valence-corrected chi connectivity index (χ4v) is 3.49. The number of hydrogen-bond acceptors (Lipinski definition) is 5. The molecule has 0 atom stereocenters. The van der Waals surface area contributed by atoms with Gasteiger partial charge in [-0.15, -0.1) is 0 Å². The van der Waals surface area contributed by atoms with E-state index in [1.165, 1.54) is 12.3 Å². The minimum absolute atomic E-state index is 0.0564. The Morgan fingerprint density at radius 1 is 1.19 bits per heavy atom. The third kappa shape index (κ3) is 4.84. The van der Waals surface area contributed by atoms with Gasteiger partial charge in [-0.2, -0.15) is 0 Å². The minimum atomic E-state index is -0.660. The van der Waals surface area contributed by atoms with Gasteiger partial charge in [-0.3, -0.25) is 9.59 Å². The number of anilines is 1. The number of carbonyl (C=O) groups excluding carboxylic acids is 2. The molecule has 10 heteroatoms. The molecule has 0 saturated heterocycles. The predicted octanol–water partition coefficient (Wildman–Crippen LogP) is 4.22. The van der Waals surface area contributed by atoms with Gasteiger partial charge in [0.2, 0.25) is 11.8 Å². The number of amides is 2. The van der Waals surface area contributed by atoms with Gasteiger partial charge in [-0.25, -0.2) is 9.97 Å². The molecule has 0 aliphatic rings. The Hall–Kier alpha value is -3.43. The summed E-state index contributed by atoms with van der Waals surface area (Å²) in [5.74, 6) is -0.109. The Balaban J connectivity index is 1.45. The second-order valence-corrected chi connectivity index (χ2v) is 7.87. The van der Waals surface area contributed by atoms with E-state index in [4.69, 9.17) is 22.1 Å². The van der Waals surface area contributed by atoms with Crippen LogP contribution in [0.25, 0.3) is 5.65 Å². The van der Waals surface area contributed by atoms with Gasteiger partial charge in [0.25, 0.3) is 5.91 Å². The smallest absolute Gasteiger partial charge is 0.254 e. The van der Waals surface area contributed by atoms with Crippen molar-refractivity contribution in [3.63, 3.8) is 0 Å². The second kappa shape index (κ2) is 8.75. The van der Waals surface area contributed by atoms with Crippen LogP contribution in [-0.4, -0.2) is 26.2 Å². The molecule has 1 aromatic carbocycles. The van der Waals surface area contributed by atoms with Crippen LogP contribution in [0.4, 0.5) is 5.82 Å². The standard InChI is InChI=1S/C21H15BrClN5O3/c22-13-4-6-18-26-17(11-28(18)10-13)27-19(29)9-12-3-5-16(15(23)8-12)31-21-14(20(24)30)2-1-7-25-21/h1-8,10-11H,9H2,(H2,24,30)(H,27,29). The lowest BCUT2D eigenvalue weighted by molar-refractivity contribution is -0.115. The van der Waals surface area contributed by atoms with E-state index in [1.807, 2.05) is 18.3 Å². The van der Waals surface area contributed by atoms with Crippen LogP contribution in [0.1, 0.15) is 15.9 Å². The minimum Gasteiger partial charge on any atom is -0.437 e. The highest BCUT2D eigenvalue weighted by molar-refractivity contribution is 9.10. The van der Waals surface area contributed by atoms with Crippen LogP contribution in [0, 0.1) is 0 Å². The zero-order valence-corrected chi connectivity index (χ0v) is 18.2. The van der Waals surface area contributed by atoms with Gasteiger partial charge in [0.1, 0.15) is 17.0 Å². The first-order valence-corrected chi connectivity index (χ1v) is 10.2. The number of nitrogens with one attached hydrogen (secondary N) is 1. The molecule has 4 rings (SSSR count). The molecule has 4 aromatic rings. The Morgan fingerprint density at radius 3 is 2.81 bits per heavy atom. The van der Waals surface area contributed by atoms with Crippen LogP contribution in [0.5, 0.6) is 11.6 Å². The number of benzene rings is 1. The van der Waals surface area contributed by atoms with E-state index < -0.39 is 5.91 Å². The van der Waals surface area contributed by atoms with E-state index in [0.717, 1.165) is 4.47 Å². The molecule has 0 aliphatic carbocycles. The van der Waals surface area contributed by atoms with Crippen LogP contribution in [-0.2, 0) is 11.2 Å². The number of hydrogen-bond donors (Lipinski definition) is 2. The van der Waals surface area contributed by atoms with Gasteiger partial charge in [-0.1, -0.05) is 17.7 Å². The number of carbonyl (C=O) groups is 2. The Labute approximate surface area is 190 Å². The molecule has 0 saturated carbocycles. The molecule has 31 heavy (non-hydrogen) atoms. The molecule has 2 amide bonds. The first-order valence-electron chi connectivity index (χ1n) is 9.04. The predicted molar refractivity (Wildman–Crippen MR) is 120 cm³/mol. The van der Waals surface area contributed by atoms with Crippen molar-refractivity contribution < 1.29 is 14.3 Å². The van der Waals surface area contributed by atoms with Crippen LogP contribution >= 0.6 is 27.5 Å². The average molecular weight is 501 g/mol. The number of halogens is 2. The quantitative estimate of drug-likeness (QED) is 0.412. The summed E-state index contributed by atoms with van der Waals surface area (Å²) in [6.45, 7) is 0. The molecule has 0 unspecified atom stereocenters. The molecule has 0 bridgehead atoms. The summed E-state index contributed by atoms with van der Waals surface area (Å²) in [4.78, 5) is 32.3. The van der Waals surface area contributed by atoms with Crippen molar-refractivity contribution in [3.05, 3.63) is 81.7 Å². The topological polar surface area (TPSA) is 112 Å². The molecule has 0 spiro atoms. The number of fused-ring (bicyclic) bond motifs is 1. The molecule has 0 aliphatic heterocycles. The van der Waals surface area contributed by atoms with Gasteiger partial charge in [0.15, 0.2) is 5.82 Å². The normalized spacial score (nSPS) is 10.8. The lowest BCUT2D eigenvalue weighted by atomic mass is 10.1. The SMILES string of the molecule is NC(=O)c1cccnc1Oc1ccc(CC(=O)Nc2cn3cc(Br)ccc3n2)cc1Cl. The summed E-state index contributed by atoms with van der Waals surface area (Å²) in [6.07, 6.45) is 5.15. The van der Waals surface area contributed by atoms with Crippen molar-refractivity contribution in [3.8, 4) is 11.6 Å². The maximum atomic E-state index is 12.4. The third-order valence-electron chi connectivity index (χ3n) is 4.29. The first-order chi connectivity index (χ1) is 14.9. The summed E-state index contributed by atoms with van der Waals surface area (Å²) in [5, 5.41) is 3.04. The Morgan fingerprint density at radius 2 is 2.03 bits per heavy atom. The van der Waals surface area contributed by atoms with Crippen molar-refractivity contribution in [2.75, 3.05) is 5.32 Å². The Kier molecular flexibility index (Phi) is 5.88. The van der Waals surface area contributed by atoms with E-state index >= 15 is 0 Å². The largest absolute Gasteiger partial charge is 0.437 e. The van der Waals surface area contributed by atoms with Gasteiger partial charge in [0, 0.05) is 16.9 Å². The second-order valence-electron chi connectivity index (χ2n) is 6.55. The lowest BCUT2D eigenvalue weighted by Gasteiger charge is -2.10. The number of pyridine rings is 2. The summed E-state index contributed by atoms with van der Waals surface area (Å²) in [6, 6.07) is 11.7. The van der Waals surface area contributed by atoms with E-state index in [2.05, 4.69) is 31.2 Å². The van der Waals surface area contributed by atoms with Crippen molar-refractivity contribution in [2.45, 2.75) is 6.42 Å². The summed E-state index contributed by atoms with van der Waals surface area (Å²) in [5.41, 5.74) is 6.87. The van der Waals surface area contributed by atoms with E-state index in [0.29, 0.717) is 17.0 Å². The molecule has 3 N–H and O–H groups in total. The molecule has 156 valence electrons. The zero-order valence-electron chi connectivity index (χ0n) is 15.9. The number of primary amides is 1. The number of rotatable bonds is 6. The lowest BCUT2D eigenvalue weighted by Crippen LogP contribution is -2.14. The van der Waals surface area contributed by atoms with Gasteiger partial charge >= 0.3 is 0 Å². The number of aromatic nitrogens is 3. The highest BCUT2D eigenvalue weighted by atomic mass is 79.9. The fraction of sp³-hybridized carbons (Fsp3) is 0.0476. The molecular formula is C21H15BrClN5O3. The summed E-state index contributed by atoms with van der Waals surface area (Å²) >= 11 is 9.70. The van der Waals surface area contributed by atoms with Crippen LogP contribution in [0.15, 0.2) is 65.5 Å². The molecule has 0 fully saturated rings. The van der Waals surface area contributed by atoms with Crippen molar-refractivity contribution in [1.29, 1.82) is 0 Å². The maximum absolute atomic E-state index is 12.4. The fourth-order valence-electron chi connectivity index (χ4n) is 2.90. The maximum Gasteiger partial charge on any atom is 0.254 e. The number of ether oxygens (including phenoxy) is 1. The molecule has 3 heterocycles. The van der Waals surface area contributed by atoms with Crippen LogP contribution in [0.3, 0.4) is 0 Å². The first kappa shape index (κ1) is 20.8. The van der Waals surface area contributed by atoms with E-state index in [9.17, 15) is 9.59 Å². The van der Waals surface area contributed by atoms with E-state index in [1.54, 1.807) is 34.9 Å². The highest BCUT2D eigenvalue weighted by Crippen LogP contribution is 2.31. The molecule has 3 aromatic heterocycles. The van der Waals surface area contributed by atoms with Gasteiger partial charge in [-0.05, 0) is 57.9 Å². The van der Waals surface area contributed by atoms with Crippen molar-refractivity contribution in [1.82, 2.24) is 14.4 Å². The highest BCUT2D eigenvalue weighted by Gasteiger charge is 2.14. The number of nitrogens with zero attached hydrogens (tertiary/aromatic N) is 3. The van der Waals surface area contributed by atoms with Gasteiger partial charge in [0.05, 0.1) is 17.6 Å².